The van der Waals surface area contributed by atoms with Gasteiger partial charge in [-0.1, -0.05) is 81.4 Å². The summed E-state index contributed by atoms with van der Waals surface area (Å²) in [5.41, 5.74) is 0.0472. The molecule has 0 spiro atoms. The van der Waals surface area contributed by atoms with Crippen LogP contribution in [0.25, 0.3) is 11.2 Å². The van der Waals surface area contributed by atoms with Gasteiger partial charge < -0.3 is 23.6 Å². The molecule has 44 heavy (non-hydrogen) atoms. The molecule has 4 atom stereocenters. The predicted molar refractivity (Wildman–Crippen MR) is 173 cm³/mol. The smallest absolute Gasteiger partial charge is 0.280 e. The van der Waals surface area contributed by atoms with E-state index in [1.165, 1.54) is 6.33 Å². The first kappa shape index (κ1) is 31.3. The van der Waals surface area contributed by atoms with Gasteiger partial charge in [-0.05, 0) is 15.4 Å². The molecular weight excluding hydrogens is 578 g/mol. The Labute approximate surface area is 257 Å². The quantitative estimate of drug-likeness (QED) is 0.118. The first-order chi connectivity index (χ1) is 21.1. The standard InChI is InChI=1S/C31H39N7O5Si/c1-31(2,3)44(21-14-10-8-11-15-21,22-16-12-9-13-17-22)43-25-23(18-41-32-4)42-29(26(25)40-7)38-20-33-24-27(38)35-30(36-28(24)39)34-19-37(5)6/h8-17,19-20,23,25-26,29H,4,18H2,1-3,5-7H3,(H,35,36,39)/t23-,25-,26-,29-/m1/s1. The van der Waals surface area contributed by atoms with E-state index < -0.39 is 38.4 Å². The minimum Gasteiger partial charge on any atom is -0.399 e. The Hall–Kier alpha value is -4.17. The van der Waals surface area contributed by atoms with Crippen LogP contribution in [0.3, 0.4) is 0 Å². The van der Waals surface area contributed by atoms with E-state index in [0.717, 1.165) is 10.4 Å². The van der Waals surface area contributed by atoms with E-state index in [0.29, 0.717) is 5.65 Å². The van der Waals surface area contributed by atoms with Crippen molar-refractivity contribution in [1.82, 2.24) is 24.4 Å². The van der Waals surface area contributed by atoms with Crippen molar-refractivity contribution in [3.05, 3.63) is 77.3 Å². The fraction of sp³-hybridized carbons (Fsp3) is 0.387. The Morgan fingerprint density at radius 2 is 1.73 bits per heavy atom. The van der Waals surface area contributed by atoms with Crippen LogP contribution >= 0.6 is 0 Å². The number of nitrogens with one attached hydrogen (secondary N) is 1. The van der Waals surface area contributed by atoms with Crippen LogP contribution in [-0.4, -0.2) is 91.9 Å². The van der Waals surface area contributed by atoms with Gasteiger partial charge in [-0.3, -0.25) is 14.3 Å². The molecule has 0 unspecified atom stereocenters. The highest BCUT2D eigenvalue weighted by Crippen LogP contribution is 2.42. The number of ether oxygens (including phenoxy) is 2. The average molecular weight is 618 g/mol. The van der Waals surface area contributed by atoms with Gasteiger partial charge >= 0.3 is 0 Å². The van der Waals surface area contributed by atoms with Crippen molar-refractivity contribution in [2.24, 2.45) is 10.1 Å². The van der Waals surface area contributed by atoms with Crippen LogP contribution < -0.4 is 15.9 Å². The molecule has 0 aliphatic carbocycles. The van der Waals surface area contributed by atoms with E-state index in [9.17, 15) is 4.79 Å². The molecule has 1 fully saturated rings. The number of nitrogens with zero attached hydrogens (tertiary/aromatic N) is 6. The van der Waals surface area contributed by atoms with E-state index in [4.69, 9.17) is 18.7 Å². The molecule has 12 nitrogen and oxygen atoms in total. The highest BCUT2D eigenvalue weighted by atomic mass is 28.4. The van der Waals surface area contributed by atoms with Crippen LogP contribution in [0.2, 0.25) is 5.04 Å². The Morgan fingerprint density at radius 1 is 1.09 bits per heavy atom. The fourth-order valence-corrected chi connectivity index (χ4v) is 10.5. The molecule has 1 aliphatic rings. The van der Waals surface area contributed by atoms with Crippen molar-refractivity contribution in [3.63, 3.8) is 0 Å². The van der Waals surface area contributed by atoms with Gasteiger partial charge in [0.1, 0.15) is 24.9 Å². The molecule has 0 radical (unpaired) electrons. The van der Waals surface area contributed by atoms with Gasteiger partial charge in [0, 0.05) is 27.9 Å². The van der Waals surface area contributed by atoms with Gasteiger partial charge in [0.25, 0.3) is 13.9 Å². The zero-order valence-electron chi connectivity index (χ0n) is 25.9. The molecule has 0 amide bonds. The molecule has 2 aromatic carbocycles. The molecule has 1 aliphatic heterocycles. The van der Waals surface area contributed by atoms with Crippen LogP contribution in [-0.2, 0) is 18.7 Å². The lowest BCUT2D eigenvalue weighted by Gasteiger charge is -2.45. The number of oxime groups is 1. The Balaban J connectivity index is 1.65. The number of rotatable bonds is 11. The number of aromatic amines is 1. The van der Waals surface area contributed by atoms with Crippen molar-refractivity contribution in [3.8, 4) is 0 Å². The first-order valence-corrected chi connectivity index (χ1v) is 16.2. The van der Waals surface area contributed by atoms with Crippen LogP contribution in [0.1, 0.15) is 27.0 Å². The van der Waals surface area contributed by atoms with Crippen LogP contribution in [0.15, 0.2) is 81.9 Å². The second-order valence-electron chi connectivity index (χ2n) is 11.9. The van der Waals surface area contributed by atoms with Gasteiger partial charge in [-0.25, -0.2) is 9.98 Å². The lowest BCUT2D eigenvalue weighted by atomic mass is 10.1. The third-order valence-corrected chi connectivity index (χ3v) is 12.8. The van der Waals surface area contributed by atoms with Crippen molar-refractivity contribution < 1.29 is 18.7 Å². The zero-order chi connectivity index (χ0) is 31.5. The summed E-state index contributed by atoms with van der Waals surface area (Å²) in [6.07, 6.45) is 0.469. The summed E-state index contributed by atoms with van der Waals surface area (Å²) in [7, 11) is 2.22. The number of benzene rings is 2. The summed E-state index contributed by atoms with van der Waals surface area (Å²) in [6.45, 7) is 10.2. The van der Waals surface area contributed by atoms with E-state index in [1.54, 1.807) is 22.9 Å². The number of imidazole rings is 1. The van der Waals surface area contributed by atoms with Gasteiger partial charge in [0.15, 0.2) is 17.4 Å². The van der Waals surface area contributed by atoms with Gasteiger partial charge in [-0.15, -0.1) is 5.16 Å². The number of hydrogen-bond donors (Lipinski definition) is 1. The monoisotopic (exact) mass is 617 g/mol. The summed E-state index contributed by atoms with van der Waals surface area (Å²) in [4.78, 5) is 36.0. The maximum absolute atomic E-state index is 12.9. The molecule has 1 N–H and O–H groups in total. The first-order valence-electron chi connectivity index (χ1n) is 14.3. The Bertz CT molecular complexity index is 1610. The van der Waals surface area contributed by atoms with Crippen LogP contribution in [0.4, 0.5) is 5.95 Å². The minimum atomic E-state index is -3.04. The predicted octanol–water partition coefficient (Wildman–Crippen LogP) is 2.83. The maximum atomic E-state index is 12.9. The molecule has 0 bridgehead atoms. The SMILES string of the molecule is C=NOC[C@H]1O[C@@H](n2cnc3c(=O)[nH]c(N=CN(C)C)nc32)[C@H](OC)[C@@H]1O[Si](c1ccccc1)(c1ccccc1)C(C)(C)C. The van der Waals surface area contributed by atoms with Gasteiger partial charge in [-0.2, -0.15) is 4.98 Å². The largest absolute Gasteiger partial charge is 0.399 e. The molecule has 2 aromatic heterocycles. The fourth-order valence-electron chi connectivity index (χ4n) is 5.81. The maximum Gasteiger partial charge on any atom is 0.280 e. The summed E-state index contributed by atoms with van der Waals surface area (Å²) in [6, 6.07) is 20.7. The van der Waals surface area contributed by atoms with Crippen LogP contribution in [0, 0.1) is 0 Å². The molecule has 4 aromatic rings. The third-order valence-electron chi connectivity index (χ3n) is 7.72. The summed E-state index contributed by atoms with van der Waals surface area (Å²) in [5, 5.41) is 5.56. The normalized spacial score (nSPS) is 20.8. The van der Waals surface area contributed by atoms with Crippen molar-refractivity contribution in [2.75, 3.05) is 27.8 Å². The van der Waals surface area contributed by atoms with Crippen LogP contribution in [0.5, 0.6) is 0 Å². The Kier molecular flexibility index (Phi) is 9.11. The molecule has 232 valence electrons. The number of fused-ring (bicyclic) bond motifs is 1. The summed E-state index contributed by atoms with van der Waals surface area (Å²) >= 11 is 0. The molecule has 0 saturated carbocycles. The van der Waals surface area contributed by atoms with Crippen molar-refractivity contribution >= 4 is 48.9 Å². The number of hydrogen-bond acceptors (Lipinski definition) is 9. The topological polar surface area (TPSA) is 128 Å². The molecule has 13 heteroatoms. The second kappa shape index (κ2) is 12.8. The van der Waals surface area contributed by atoms with Gasteiger partial charge in [0.05, 0.1) is 12.7 Å². The number of aromatic nitrogens is 4. The number of methoxy groups -OCH3 is 1. The molecule has 1 saturated heterocycles. The molecule has 5 rings (SSSR count). The zero-order valence-corrected chi connectivity index (χ0v) is 26.9. The lowest BCUT2D eigenvalue weighted by Crippen LogP contribution is -2.69. The Morgan fingerprint density at radius 3 is 2.27 bits per heavy atom. The van der Waals surface area contributed by atoms with E-state index in [2.05, 4.69) is 76.9 Å². The second-order valence-corrected chi connectivity index (χ2v) is 16.1. The van der Waals surface area contributed by atoms with Crippen molar-refractivity contribution in [1.29, 1.82) is 0 Å². The third kappa shape index (κ3) is 5.83. The minimum absolute atomic E-state index is 0.0712. The highest BCUT2D eigenvalue weighted by Gasteiger charge is 2.57. The van der Waals surface area contributed by atoms with E-state index in [-0.39, 0.29) is 23.1 Å². The molecule has 3 heterocycles. The van der Waals surface area contributed by atoms with Crippen molar-refractivity contribution in [2.45, 2.75) is 50.3 Å². The summed E-state index contributed by atoms with van der Waals surface area (Å²) < 4.78 is 22.0. The number of aliphatic imine (C=N–C) groups is 1. The molecular formula is C31H39N7O5Si. The highest BCUT2D eigenvalue weighted by molar-refractivity contribution is 6.99. The summed E-state index contributed by atoms with van der Waals surface area (Å²) in [5.74, 6) is 0.140. The van der Waals surface area contributed by atoms with E-state index >= 15 is 0 Å². The van der Waals surface area contributed by atoms with E-state index in [1.807, 2.05) is 50.5 Å². The average Bonchev–Trinajstić information content (AvgIpc) is 3.58. The lowest BCUT2D eigenvalue weighted by molar-refractivity contribution is -0.0677. The number of H-pyrrole nitrogens is 1. The van der Waals surface area contributed by atoms with Gasteiger partial charge in [0.2, 0.25) is 5.95 Å².